The molecule has 0 bridgehead atoms. The zero-order valence-corrected chi connectivity index (χ0v) is 12.3. The molecule has 0 saturated heterocycles. The van der Waals surface area contributed by atoms with Crippen LogP contribution in [0.4, 0.5) is 0 Å². The molecule has 4 aromatic rings. The Hall–Kier alpha value is -3.68. The van der Waals surface area contributed by atoms with Crippen LogP contribution in [0.25, 0.3) is 16.7 Å². The van der Waals surface area contributed by atoms with Crippen LogP contribution in [0.2, 0.25) is 0 Å². The number of hydrogen-bond acceptors (Lipinski definition) is 7. The minimum absolute atomic E-state index is 0.0632. The van der Waals surface area contributed by atoms with Crippen molar-refractivity contribution >= 4 is 22.4 Å². The molecule has 0 radical (unpaired) electrons. The normalized spacial score (nSPS) is 12.1. The van der Waals surface area contributed by atoms with E-state index in [9.17, 15) is 10.2 Å². The number of aromatic nitrogens is 4. The molecule has 0 saturated carbocycles. The Labute approximate surface area is 135 Å². The van der Waals surface area contributed by atoms with Gasteiger partial charge in [-0.15, -0.1) is 10.2 Å². The van der Waals surface area contributed by atoms with E-state index in [-0.39, 0.29) is 17.2 Å². The standard InChI is InChI=1S/C16H12N6O2/c17-20-14(10-6-5-9(23)7-13(10)24)15-16-21-18-8-22(16)12-4-2-1-3-11(12)19-15/h1-8,23-24H,17H2/b20-14+. The van der Waals surface area contributed by atoms with E-state index < -0.39 is 0 Å². The summed E-state index contributed by atoms with van der Waals surface area (Å²) in [6, 6.07) is 11.7. The minimum atomic E-state index is -0.160. The summed E-state index contributed by atoms with van der Waals surface area (Å²) in [5.41, 5.74) is 2.98. The summed E-state index contributed by atoms with van der Waals surface area (Å²) in [6.45, 7) is 0. The van der Waals surface area contributed by atoms with Crippen molar-refractivity contribution in [1.82, 2.24) is 19.6 Å². The summed E-state index contributed by atoms with van der Waals surface area (Å²) in [4.78, 5) is 4.58. The molecule has 24 heavy (non-hydrogen) atoms. The molecule has 0 amide bonds. The maximum absolute atomic E-state index is 10.1. The van der Waals surface area contributed by atoms with Gasteiger partial charge in [0, 0.05) is 11.6 Å². The predicted octanol–water partition coefficient (Wildman–Crippen LogP) is 1.40. The highest BCUT2D eigenvalue weighted by Gasteiger charge is 2.19. The van der Waals surface area contributed by atoms with Gasteiger partial charge in [-0.2, -0.15) is 5.10 Å². The highest BCUT2D eigenvalue weighted by molar-refractivity contribution is 6.16. The summed E-state index contributed by atoms with van der Waals surface area (Å²) in [6.07, 6.45) is 1.58. The highest BCUT2D eigenvalue weighted by atomic mass is 16.3. The first-order chi connectivity index (χ1) is 11.7. The average Bonchev–Trinajstić information content (AvgIpc) is 3.07. The lowest BCUT2D eigenvalue weighted by molar-refractivity contribution is 0.450. The van der Waals surface area contributed by atoms with Gasteiger partial charge in [-0.3, -0.25) is 4.40 Å². The van der Waals surface area contributed by atoms with E-state index in [1.54, 1.807) is 10.7 Å². The Morgan fingerprint density at radius 1 is 1.12 bits per heavy atom. The summed E-state index contributed by atoms with van der Waals surface area (Å²) in [5.74, 6) is 5.34. The van der Waals surface area contributed by atoms with Gasteiger partial charge in [0.25, 0.3) is 0 Å². The molecule has 2 aromatic carbocycles. The fraction of sp³-hybridized carbons (Fsp3) is 0. The van der Waals surface area contributed by atoms with Crippen LogP contribution >= 0.6 is 0 Å². The fourth-order valence-electron chi connectivity index (χ4n) is 2.64. The van der Waals surface area contributed by atoms with Crippen molar-refractivity contribution in [2.24, 2.45) is 10.9 Å². The highest BCUT2D eigenvalue weighted by Crippen LogP contribution is 2.27. The van der Waals surface area contributed by atoms with Crippen molar-refractivity contribution in [3.05, 3.63) is 60.0 Å². The molecule has 0 atom stereocenters. The van der Waals surface area contributed by atoms with Crippen molar-refractivity contribution in [1.29, 1.82) is 0 Å². The molecule has 118 valence electrons. The van der Waals surface area contributed by atoms with Gasteiger partial charge < -0.3 is 16.1 Å². The van der Waals surface area contributed by atoms with Crippen LogP contribution in [0, 0.1) is 0 Å². The van der Waals surface area contributed by atoms with Crippen molar-refractivity contribution in [2.75, 3.05) is 0 Å². The second-order valence-electron chi connectivity index (χ2n) is 5.15. The number of hydrazone groups is 1. The SMILES string of the molecule is N/N=C(\c1ccc(O)cc1O)c1nc2ccccc2n2cnnc12. The molecule has 4 N–H and O–H groups in total. The molecule has 8 nitrogen and oxygen atoms in total. The van der Waals surface area contributed by atoms with Crippen LogP contribution in [0.3, 0.4) is 0 Å². The Kier molecular flexibility index (Phi) is 3.02. The maximum atomic E-state index is 10.1. The minimum Gasteiger partial charge on any atom is -0.508 e. The van der Waals surface area contributed by atoms with Crippen LogP contribution in [0.15, 0.2) is 53.9 Å². The molecule has 2 aromatic heterocycles. The van der Waals surface area contributed by atoms with E-state index in [1.165, 1.54) is 18.2 Å². The predicted molar refractivity (Wildman–Crippen MR) is 87.9 cm³/mol. The van der Waals surface area contributed by atoms with E-state index >= 15 is 0 Å². The smallest absolute Gasteiger partial charge is 0.189 e. The summed E-state index contributed by atoms with van der Waals surface area (Å²) in [7, 11) is 0. The zero-order chi connectivity index (χ0) is 16.7. The van der Waals surface area contributed by atoms with E-state index in [0.717, 1.165) is 5.52 Å². The third-order valence-corrected chi connectivity index (χ3v) is 3.72. The van der Waals surface area contributed by atoms with Crippen molar-refractivity contribution in [2.45, 2.75) is 0 Å². The number of fused-ring (bicyclic) bond motifs is 3. The van der Waals surface area contributed by atoms with Crippen molar-refractivity contribution in [3.8, 4) is 11.5 Å². The van der Waals surface area contributed by atoms with Crippen LogP contribution in [-0.2, 0) is 0 Å². The summed E-state index contributed by atoms with van der Waals surface area (Å²) >= 11 is 0. The van der Waals surface area contributed by atoms with Gasteiger partial charge in [0.15, 0.2) is 5.65 Å². The van der Waals surface area contributed by atoms with Crippen molar-refractivity contribution < 1.29 is 10.2 Å². The van der Waals surface area contributed by atoms with Crippen LogP contribution in [-0.4, -0.2) is 35.5 Å². The topological polar surface area (TPSA) is 122 Å². The number of phenolic OH excluding ortho intramolecular Hbond substituents is 2. The van der Waals surface area contributed by atoms with Gasteiger partial charge in [0.1, 0.15) is 29.2 Å². The second kappa shape index (κ2) is 5.20. The lowest BCUT2D eigenvalue weighted by Gasteiger charge is -2.10. The number of aromatic hydroxyl groups is 2. The van der Waals surface area contributed by atoms with Gasteiger partial charge in [-0.05, 0) is 24.3 Å². The van der Waals surface area contributed by atoms with Gasteiger partial charge in [-0.1, -0.05) is 12.1 Å². The lowest BCUT2D eigenvalue weighted by Crippen LogP contribution is -2.12. The quantitative estimate of drug-likeness (QED) is 0.291. The molecule has 2 heterocycles. The van der Waals surface area contributed by atoms with Crippen LogP contribution < -0.4 is 5.84 Å². The second-order valence-corrected chi connectivity index (χ2v) is 5.15. The monoisotopic (exact) mass is 320 g/mol. The summed E-state index contributed by atoms with van der Waals surface area (Å²) in [5, 5.41) is 31.4. The third-order valence-electron chi connectivity index (χ3n) is 3.72. The fourth-order valence-corrected chi connectivity index (χ4v) is 2.64. The number of benzene rings is 2. The number of nitrogens with two attached hydrogens (primary N) is 1. The Balaban J connectivity index is 2.04. The van der Waals surface area contributed by atoms with E-state index in [1.807, 2.05) is 24.3 Å². The first-order valence-electron chi connectivity index (χ1n) is 7.08. The van der Waals surface area contributed by atoms with E-state index in [0.29, 0.717) is 22.4 Å². The lowest BCUT2D eigenvalue weighted by atomic mass is 10.1. The van der Waals surface area contributed by atoms with Gasteiger partial charge in [-0.25, -0.2) is 4.98 Å². The van der Waals surface area contributed by atoms with Crippen molar-refractivity contribution in [3.63, 3.8) is 0 Å². The maximum Gasteiger partial charge on any atom is 0.189 e. The Morgan fingerprint density at radius 2 is 1.96 bits per heavy atom. The average molecular weight is 320 g/mol. The Bertz CT molecular complexity index is 1100. The van der Waals surface area contributed by atoms with Crippen LogP contribution in [0.5, 0.6) is 11.5 Å². The number of para-hydroxylation sites is 2. The van der Waals surface area contributed by atoms with Gasteiger partial charge in [0.2, 0.25) is 0 Å². The molecule has 4 rings (SSSR count). The Morgan fingerprint density at radius 3 is 2.75 bits per heavy atom. The molecule has 0 unspecified atom stereocenters. The summed E-state index contributed by atoms with van der Waals surface area (Å²) < 4.78 is 1.78. The molecular formula is C16H12N6O2. The molecule has 8 heteroatoms. The van der Waals surface area contributed by atoms with E-state index in [4.69, 9.17) is 5.84 Å². The van der Waals surface area contributed by atoms with Gasteiger partial charge in [0.05, 0.1) is 11.0 Å². The van der Waals surface area contributed by atoms with Crippen LogP contribution in [0.1, 0.15) is 11.3 Å². The largest absolute Gasteiger partial charge is 0.508 e. The first kappa shape index (κ1) is 13.9. The van der Waals surface area contributed by atoms with Gasteiger partial charge >= 0.3 is 0 Å². The number of rotatable bonds is 2. The zero-order valence-electron chi connectivity index (χ0n) is 12.3. The molecule has 0 fully saturated rings. The molecule has 0 aliphatic heterocycles. The van der Waals surface area contributed by atoms with E-state index in [2.05, 4.69) is 20.3 Å². The molecule has 0 aliphatic carbocycles. The third kappa shape index (κ3) is 2.01. The number of phenols is 2. The number of hydrogen-bond donors (Lipinski definition) is 3. The molecular weight excluding hydrogens is 308 g/mol. The molecule has 0 spiro atoms. The molecule has 0 aliphatic rings. The first-order valence-corrected chi connectivity index (χ1v) is 7.08. The number of nitrogens with zero attached hydrogens (tertiary/aromatic N) is 5.